The maximum absolute atomic E-state index is 12.5. The van der Waals surface area contributed by atoms with Crippen molar-refractivity contribution in [3.8, 4) is 0 Å². The van der Waals surface area contributed by atoms with E-state index in [-0.39, 0.29) is 12.1 Å². The van der Waals surface area contributed by atoms with Gasteiger partial charge in [-0.2, -0.15) is 0 Å². The lowest BCUT2D eigenvalue weighted by molar-refractivity contribution is -1.02. The summed E-state index contributed by atoms with van der Waals surface area (Å²) in [7, 11) is 2.22. The van der Waals surface area contributed by atoms with Crippen molar-refractivity contribution in [2.45, 2.75) is 25.9 Å². The molecule has 0 aromatic heterocycles. The number of hydrogen-bond acceptors (Lipinski definition) is 2. The highest BCUT2D eigenvalue weighted by Gasteiger charge is 2.30. The van der Waals surface area contributed by atoms with Crippen molar-refractivity contribution in [3.63, 3.8) is 0 Å². The molecule has 0 unspecified atom stereocenters. The second-order valence-electron chi connectivity index (χ2n) is 8.39. The highest BCUT2D eigenvalue weighted by molar-refractivity contribution is 6.35. The molecule has 160 valence electrons. The van der Waals surface area contributed by atoms with Gasteiger partial charge in [-0.3, -0.25) is 9.59 Å². The number of rotatable bonds is 6. The molecule has 6 heteroatoms. The summed E-state index contributed by atoms with van der Waals surface area (Å²) in [5.74, 6) is -1.17. The van der Waals surface area contributed by atoms with E-state index >= 15 is 0 Å². The summed E-state index contributed by atoms with van der Waals surface area (Å²) in [4.78, 5) is 27.9. The molecule has 1 aliphatic heterocycles. The van der Waals surface area contributed by atoms with Crippen molar-refractivity contribution in [1.29, 1.82) is 0 Å². The number of quaternary nitrogens is 2. The Morgan fingerprint density at radius 3 is 2.17 bits per heavy atom. The van der Waals surface area contributed by atoms with E-state index in [1.807, 2.05) is 37.3 Å². The van der Waals surface area contributed by atoms with E-state index in [1.165, 1.54) is 16.0 Å². The number of benzene rings is 2. The van der Waals surface area contributed by atoms with E-state index in [0.29, 0.717) is 6.54 Å². The fourth-order valence-corrected chi connectivity index (χ4v) is 4.01. The number of amides is 2. The van der Waals surface area contributed by atoms with E-state index in [2.05, 4.69) is 48.9 Å². The Bertz CT molecular complexity index is 830. The fraction of sp³-hybridized carbons (Fsp3) is 0.417. The molecule has 1 saturated heterocycles. The zero-order valence-electron chi connectivity index (χ0n) is 18.2. The van der Waals surface area contributed by atoms with Gasteiger partial charge >= 0.3 is 11.8 Å². The van der Waals surface area contributed by atoms with Gasteiger partial charge in [0.15, 0.2) is 0 Å². The molecule has 0 spiro atoms. The first-order valence-electron chi connectivity index (χ1n) is 10.8. The van der Waals surface area contributed by atoms with E-state index in [9.17, 15) is 9.59 Å². The number of carbonyl (C=O) groups excluding carboxylic acids is 2. The van der Waals surface area contributed by atoms with Crippen molar-refractivity contribution >= 4 is 11.8 Å². The fourth-order valence-electron chi connectivity index (χ4n) is 4.01. The van der Waals surface area contributed by atoms with Gasteiger partial charge in [-0.05, 0) is 19.4 Å². The van der Waals surface area contributed by atoms with Crippen LogP contribution in [0.3, 0.4) is 0 Å². The molecular formula is C24H34N4O2+2. The normalized spacial score (nSPS) is 20.8. The summed E-state index contributed by atoms with van der Waals surface area (Å²) in [6.45, 7) is 8.73. The minimum absolute atomic E-state index is 0.141. The van der Waals surface area contributed by atoms with Crippen molar-refractivity contribution < 1.29 is 19.4 Å². The molecular weight excluding hydrogens is 376 g/mol. The molecule has 1 aliphatic rings. The number of hydrogen-bond donors (Lipinski definition) is 4. The number of piperazine rings is 1. The van der Waals surface area contributed by atoms with Crippen LogP contribution >= 0.6 is 0 Å². The van der Waals surface area contributed by atoms with Crippen LogP contribution in [0, 0.1) is 6.92 Å². The second-order valence-corrected chi connectivity index (χ2v) is 8.39. The van der Waals surface area contributed by atoms with Crippen LogP contribution in [-0.2, 0) is 9.59 Å². The largest absolute Gasteiger partial charge is 0.341 e. The van der Waals surface area contributed by atoms with E-state index < -0.39 is 11.8 Å². The molecule has 2 aromatic carbocycles. The topological polar surface area (TPSA) is 67.1 Å². The summed E-state index contributed by atoms with van der Waals surface area (Å²) in [5, 5.41) is 5.67. The quantitative estimate of drug-likeness (QED) is 0.483. The smallest absolute Gasteiger partial charge is 0.309 e. The second kappa shape index (κ2) is 10.4. The average Bonchev–Trinajstić information content (AvgIpc) is 2.76. The Balaban J connectivity index is 1.62. The molecule has 6 nitrogen and oxygen atoms in total. The molecule has 4 N–H and O–H groups in total. The Kier molecular flexibility index (Phi) is 7.60. The van der Waals surface area contributed by atoms with Crippen LogP contribution in [0.4, 0.5) is 0 Å². The molecule has 30 heavy (non-hydrogen) atoms. The van der Waals surface area contributed by atoms with Gasteiger partial charge in [0.2, 0.25) is 0 Å². The van der Waals surface area contributed by atoms with Gasteiger partial charge < -0.3 is 20.4 Å². The van der Waals surface area contributed by atoms with Crippen LogP contribution < -0.4 is 20.4 Å². The van der Waals surface area contributed by atoms with Crippen molar-refractivity contribution in [3.05, 3.63) is 71.3 Å². The monoisotopic (exact) mass is 410 g/mol. The summed E-state index contributed by atoms with van der Waals surface area (Å²) in [5.41, 5.74) is 3.39. The van der Waals surface area contributed by atoms with Gasteiger partial charge in [0, 0.05) is 5.56 Å². The van der Waals surface area contributed by atoms with Crippen LogP contribution in [-0.4, -0.2) is 51.6 Å². The first-order chi connectivity index (χ1) is 14.4. The Labute approximate surface area is 179 Å². The van der Waals surface area contributed by atoms with Crippen LogP contribution in [0.2, 0.25) is 0 Å². The summed E-state index contributed by atoms with van der Waals surface area (Å²) >= 11 is 0. The van der Waals surface area contributed by atoms with Crippen molar-refractivity contribution in [1.82, 2.24) is 10.6 Å². The van der Waals surface area contributed by atoms with Crippen LogP contribution in [0.25, 0.3) is 0 Å². The Morgan fingerprint density at radius 1 is 0.900 bits per heavy atom. The average molecular weight is 411 g/mol. The molecule has 0 aliphatic carbocycles. The highest BCUT2D eigenvalue weighted by atomic mass is 16.2. The van der Waals surface area contributed by atoms with Gasteiger partial charge in [0.05, 0.1) is 19.6 Å². The first kappa shape index (κ1) is 22.0. The van der Waals surface area contributed by atoms with E-state index in [0.717, 1.165) is 31.7 Å². The Morgan fingerprint density at radius 2 is 1.53 bits per heavy atom. The maximum atomic E-state index is 12.5. The van der Waals surface area contributed by atoms with Crippen molar-refractivity contribution in [2.24, 2.45) is 0 Å². The van der Waals surface area contributed by atoms with Crippen molar-refractivity contribution in [2.75, 3.05) is 39.8 Å². The number of nitrogens with one attached hydrogen (secondary N) is 4. The number of aryl methyl sites for hydroxylation is 1. The zero-order chi connectivity index (χ0) is 21.5. The van der Waals surface area contributed by atoms with Gasteiger partial charge in [0.1, 0.15) is 32.2 Å². The molecule has 1 heterocycles. The van der Waals surface area contributed by atoms with Crippen LogP contribution in [0.1, 0.15) is 35.7 Å². The van der Waals surface area contributed by atoms with E-state index in [4.69, 9.17) is 0 Å². The third-order valence-corrected chi connectivity index (χ3v) is 6.04. The SMILES string of the molecule is Cc1ccc([C@@H](CNC(=O)C(=O)N[C@@H](C)c2ccccc2)[NH+]2CC[NH+](C)CC2)cc1. The number of carbonyl (C=O) groups is 2. The van der Waals surface area contributed by atoms with Gasteiger partial charge in [0.25, 0.3) is 0 Å². The molecule has 0 bridgehead atoms. The van der Waals surface area contributed by atoms with Crippen LogP contribution in [0.15, 0.2) is 54.6 Å². The lowest BCUT2D eigenvalue weighted by Crippen LogP contribution is -3.27. The molecule has 2 atom stereocenters. The van der Waals surface area contributed by atoms with Gasteiger partial charge in [-0.1, -0.05) is 60.2 Å². The Hall–Kier alpha value is -2.70. The first-order valence-corrected chi connectivity index (χ1v) is 10.8. The summed E-state index contributed by atoms with van der Waals surface area (Å²) in [6.07, 6.45) is 0. The lowest BCUT2D eigenvalue weighted by Gasteiger charge is -2.33. The third kappa shape index (κ3) is 5.90. The van der Waals surface area contributed by atoms with E-state index in [1.54, 1.807) is 4.90 Å². The summed E-state index contributed by atoms with van der Waals surface area (Å²) in [6, 6.07) is 18.1. The minimum Gasteiger partial charge on any atom is -0.341 e. The molecule has 0 saturated carbocycles. The summed E-state index contributed by atoms with van der Waals surface area (Å²) < 4.78 is 0. The predicted molar refractivity (Wildman–Crippen MR) is 117 cm³/mol. The highest BCUT2D eigenvalue weighted by Crippen LogP contribution is 2.12. The molecule has 3 rings (SSSR count). The molecule has 0 radical (unpaired) electrons. The van der Waals surface area contributed by atoms with Gasteiger partial charge in [-0.25, -0.2) is 0 Å². The minimum atomic E-state index is -0.591. The molecule has 2 amide bonds. The standard InChI is InChI=1S/C24H32N4O2/c1-18-9-11-21(12-10-18)22(28-15-13-27(3)14-16-28)17-25-23(29)24(30)26-19(2)20-7-5-4-6-8-20/h4-12,19,22H,13-17H2,1-3H3,(H,25,29)(H,26,30)/p+2/t19-,22+/m0/s1. The number of likely N-dealkylation sites (N-methyl/N-ethyl adjacent to an activating group) is 1. The molecule has 2 aromatic rings. The lowest BCUT2D eigenvalue weighted by atomic mass is 10.0. The maximum Gasteiger partial charge on any atom is 0.309 e. The van der Waals surface area contributed by atoms with Gasteiger partial charge in [-0.15, -0.1) is 0 Å². The third-order valence-electron chi connectivity index (χ3n) is 6.04. The van der Waals surface area contributed by atoms with Crippen LogP contribution in [0.5, 0.6) is 0 Å². The predicted octanol–water partition coefficient (Wildman–Crippen LogP) is -0.557. The zero-order valence-corrected chi connectivity index (χ0v) is 18.2. The molecule has 1 fully saturated rings.